The van der Waals surface area contributed by atoms with Crippen molar-refractivity contribution in [3.8, 4) is 28.1 Å². The Balaban J connectivity index is 1.30. The third-order valence-electron chi connectivity index (χ3n) is 6.52. The van der Waals surface area contributed by atoms with E-state index in [1.807, 2.05) is 24.3 Å². The van der Waals surface area contributed by atoms with Crippen molar-refractivity contribution in [1.82, 2.24) is 34.7 Å². The van der Waals surface area contributed by atoms with Gasteiger partial charge in [0.1, 0.15) is 12.2 Å². The summed E-state index contributed by atoms with van der Waals surface area (Å²) in [4.78, 5) is 32.6. The van der Waals surface area contributed by atoms with E-state index in [9.17, 15) is 14.7 Å². The van der Waals surface area contributed by atoms with E-state index < -0.39 is 12.5 Å². The number of fused-ring (bicyclic) bond motifs is 1. The second kappa shape index (κ2) is 9.69. The molecule has 38 heavy (non-hydrogen) atoms. The van der Waals surface area contributed by atoms with Gasteiger partial charge < -0.3 is 14.9 Å². The molecular weight excluding hydrogens is 508 g/mol. The highest BCUT2D eigenvalue weighted by Crippen LogP contribution is 2.34. The number of pyridine rings is 1. The second-order valence-corrected chi connectivity index (χ2v) is 9.30. The van der Waals surface area contributed by atoms with Crippen molar-refractivity contribution in [2.24, 2.45) is 0 Å². The summed E-state index contributed by atoms with van der Waals surface area (Å²) < 4.78 is 3.31. The van der Waals surface area contributed by atoms with Crippen LogP contribution in [0, 0.1) is 0 Å². The maximum Gasteiger partial charge on any atom is 0.253 e. The van der Waals surface area contributed by atoms with Crippen LogP contribution in [-0.2, 0) is 16.3 Å². The van der Waals surface area contributed by atoms with Crippen LogP contribution in [0.5, 0.6) is 0 Å². The molecule has 2 aromatic carbocycles. The Morgan fingerprint density at radius 3 is 2.71 bits per heavy atom. The molecule has 0 saturated heterocycles. The Morgan fingerprint density at radius 1 is 1.11 bits per heavy atom. The summed E-state index contributed by atoms with van der Waals surface area (Å²) in [6.07, 6.45) is 4.65. The smallest absolute Gasteiger partial charge is 0.253 e. The second-order valence-electron chi connectivity index (χ2n) is 8.87. The lowest BCUT2D eigenvalue weighted by Gasteiger charge is -2.15. The van der Waals surface area contributed by atoms with Crippen LogP contribution in [0.3, 0.4) is 0 Å². The van der Waals surface area contributed by atoms with Crippen molar-refractivity contribution in [3.05, 3.63) is 94.0 Å². The van der Waals surface area contributed by atoms with E-state index in [1.54, 1.807) is 41.1 Å². The Hall–Kier alpha value is -4.61. The zero-order valence-corrected chi connectivity index (χ0v) is 20.6. The maximum absolute atomic E-state index is 13.4. The summed E-state index contributed by atoms with van der Waals surface area (Å²) in [7, 11) is 0. The molecule has 3 aromatic heterocycles. The number of tetrazole rings is 1. The molecule has 5 aromatic rings. The zero-order chi connectivity index (χ0) is 26.2. The molecule has 0 saturated carbocycles. The third kappa shape index (κ3) is 4.38. The van der Waals surface area contributed by atoms with Gasteiger partial charge in [0, 0.05) is 28.0 Å². The summed E-state index contributed by atoms with van der Waals surface area (Å²) in [6.45, 7) is -0.824. The number of H-pyrrole nitrogens is 1. The van der Waals surface area contributed by atoms with Gasteiger partial charge in [0.15, 0.2) is 6.61 Å². The van der Waals surface area contributed by atoms with Gasteiger partial charge in [-0.15, -0.1) is 5.10 Å². The molecule has 4 heterocycles. The first kappa shape index (κ1) is 23.8. The van der Waals surface area contributed by atoms with Gasteiger partial charge in [-0.2, -0.15) is 4.68 Å². The van der Waals surface area contributed by atoms with Crippen LogP contribution in [0.15, 0.2) is 71.9 Å². The summed E-state index contributed by atoms with van der Waals surface area (Å²) in [5.41, 5.74) is 5.15. The molecule has 189 valence electrons. The summed E-state index contributed by atoms with van der Waals surface area (Å²) in [5.74, 6) is 0.103. The minimum absolute atomic E-state index is 0.140. The molecule has 0 bridgehead atoms. The number of hydrogen-bond donors (Lipinski definition) is 2. The topological polar surface area (TPSA) is 143 Å². The van der Waals surface area contributed by atoms with Gasteiger partial charge in [-0.05, 0) is 70.8 Å². The molecule has 1 aliphatic rings. The largest absolute Gasteiger partial charge is 0.340 e. The average molecular weight is 528 g/mol. The number of nitrogens with zero attached hydrogens (tertiary/aromatic N) is 6. The SMILES string of the molecule is [O]CC(=O)Nc1ccc(-c2cnc([C@@H]3CCc4cc(-c5cc(Cl)ccc5-n5cnnn5)cc(=O)n43)[nH]2)cc1. The molecular formula is C26H20ClN8O3. The van der Waals surface area contributed by atoms with E-state index in [2.05, 4.69) is 30.8 Å². The summed E-state index contributed by atoms with van der Waals surface area (Å²) in [6, 6.07) is 15.8. The molecule has 1 atom stereocenters. The predicted molar refractivity (Wildman–Crippen MR) is 139 cm³/mol. The fraction of sp³-hybridized carbons (Fsp3) is 0.154. The Morgan fingerprint density at radius 2 is 1.95 bits per heavy atom. The number of aromatic amines is 1. The highest BCUT2D eigenvalue weighted by atomic mass is 35.5. The van der Waals surface area contributed by atoms with Crippen molar-refractivity contribution < 1.29 is 9.90 Å². The lowest BCUT2D eigenvalue weighted by Crippen LogP contribution is -2.23. The highest BCUT2D eigenvalue weighted by molar-refractivity contribution is 6.31. The van der Waals surface area contributed by atoms with E-state index in [0.29, 0.717) is 28.6 Å². The van der Waals surface area contributed by atoms with E-state index in [4.69, 9.17) is 11.6 Å². The zero-order valence-electron chi connectivity index (χ0n) is 19.8. The van der Waals surface area contributed by atoms with Crippen molar-refractivity contribution in [1.29, 1.82) is 0 Å². The summed E-state index contributed by atoms with van der Waals surface area (Å²) in [5, 5.41) is 25.2. The standard InChI is InChI=1S/C26H20ClN8O3/c27-17-3-7-22(34-14-29-32-33-34)20(11-17)16-9-19-6-8-23(35(19)25(38)10-16)26-28-12-21(31-26)15-1-4-18(5-2-15)30-24(37)13-36/h1-5,7,9-12,14,23H,6,8,13H2,(H,28,31)(H,30,37)/t23-/m0/s1. The van der Waals surface area contributed by atoms with Crippen LogP contribution < -0.4 is 10.9 Å². The molecule has 0 spiro atoms. The summed E-state index contributed by atoms with van der Waals surface area (Å²) >= 11 is 6.29. The number of amides is 1. The molecule has 1 amide bonds. The fourth-order valence-corrected chi connectivity index (χ4v) is 4.98. The molecule has 0 aliphatic carbocycles. The van der Waals surface area contributed by atoms with Crippen LogP contribution in [0.1, 0.15) is 24.0 Å². The van der Waals surface area contributed by atoms with Crippen molar-refractivity contribution >= 4 is 23.2 Å². The van der Waals surface area contributed by atoms with Gasteiger partial charge in [-0.3, -0.25) is 9.59 Å². The minimum atomic E-state index is -0.824. The lowest BCUT2D eigenvalue weighted by molar-refractivity contribution is -0.120. The first-order valence-corrected chi connectivity index (χ1v) is 12.2. The normalized spacial score (nSPS) is 14.4. The van der Waals surface area contributed by atoms with E-state index in [-0.39, 0.29) is 11.6 Å². The minimum Gasteiger partial charge on any atom is -0.340 e. The molecule has 0 fully saturated rings. The molecule has 6 rings (SSSR count). The predicted octanol–water partition coefficient (Wildman–Crippen LogP) is 3.44. The number of benzene rings is 2. The van der Waals surface area contributed by atoms with E-state index >= 15 is 0 Å². The number of aromatic nitrogens is 7. The molecule has 0 unspecified atom stereocenters. The highest BCUT2D eigenvalue weighted by Gasteiger charge is 2.28. The number of carbonyl (C=O) groups is 1. The van der Waals surface area contributed by atoms with Crippen LogP contribution >= 0.6 is 11.6 Å². The van der Waals surface area contributed by atoms with Gasteiger partial charge in [-0.25, -0.2) is 10.1 Å². The number of rotatable bonds is 6. The molecule has 1 radical (unpaired) electrons. The Labute approximate surface area is 220 Å². The quantitative estimate of drug-likeness (QED) is 0.346. The first-order chi connectivity index (χ1) is 18.5. The molecule has 2 N–H and O–H groups in total. The number of anilines is 1. The number of halogens is 1. The molecule has 1 aliphatic heterocycles. The Bertz CT molecular complexity index is 1690. The van der Waals surface area contributed by atoms with Crippen molar-refractivity contribution in [2.45, 2.75) is 18.9 Å². The van der Waals surface area contributed by atoms with Gasteiger partial charge in [0.25, 0.3) is 11.5 Å². The van der Waals surface area contributed by atoms with Crippen molar-refractivity contribution in [2.75, 3.05) is 11.9 Å². The van der Waals surface area contributed by atoms with E-state index in [0.717, 1.165) is 34.5 Å². The molecule has 12 heteroatoms. The maximum atomic E-state index is 13.4. The number of nitrogens with one attached hydrogen (secondary N) is 2. The fourth-order valence-electron chi connectivity index (χ4n) is 4.80. The van der Waals surface area contributed by atoms with Crippen LogP contribution in [0.2, 0.25) is 5.02 Å². The van der Waals surface area contributed by atoms with Gasteiger partial charge in [0.2, 0.25) is 0 Å². The Kier molecular flexibility index (Phi) is 6.06. The average Bonchev–Trinajstić information content (AvgIpc) is 3.70. The van der Waals surface area contributed by atoms with Gasteiger partial charge in [-0.1, -0.05) is 23.7 Å². The number of carbonyl (C=O) groups excluding carboxylic acids is 1. The third-order valence-corrected chi connectivity index (χ3v) is 6.76. The number of hydrogen-bond acceptors (Lipinski definition) is 6. The lowest BCUT2D eigenvalue weighted by atomic mass is 10.0. The van der Waals surface area contributed by atoms with E-state index in [1.165, 1.54) is 11.0 Å². The van der Waals surface area contributed by atoms with Gasteiger partial charge >= 0.3 is 0 Å². The van der Waals surface area contributed by atoms with Crippen LogP contribution in [-0.4, -0.2) is 47.3 Å². The number of imidazole rings is 1. The van der Waals surface area contributed by atoms with Crippen LogP contribution in [0.4, 0.5) is 5.69 Å². The van der Waals surface area contributed by atoms with Crippen molar-refractivity contribution in [3.63, 3.8) is 0 Å². The molecule has 11 nitrogen and oxygen atoms in total. The monoisotopic (exact) mass is 527 g/mol. The van der Waals surface area contributed by atoms with Crippen LogP contribution in [0.25, 0.3) is 28.1 Å². The first-order valence-electron chi connectivity index (χ1n) is 11.8. The number of aryl methyl sites for hydroxylation is 1. The van der Waals surface area contributed by atoms with Gasteiger partial charge in [0.05, 0.1) is 23.6 Å².